The van der Waals surface area contributed by atoms with E-state index >= 15 is 0 Å². The SMILES string of the molecule is CC(C)CCSc1cccc(Cl)c1CNC(C)(C)C. The Morgan fingerprint density at radius 2 is 1.95 bits per heavy atom. The smallest absolute Gasteiger partial charge is 0.0462 e. The minimum Gasteiger partial charge on any atom is -0.308 e. The number of halogens is 1. The molecule has 19 heavy (non-hydrogen) atoms. The van der Waals surface area contributed by atoms with Gasteiger partial charge in [-0.3, -0.25) is 0 Å². The lowest BCUT2D eigenvalue weighted by Gasteiger charge is -2.22. The molecule has 0 unspecified atom stereocenters. The summed E-state index contributed by atoms with van der Waals surface area (Å²) in [5, 5.41) is 4.39. The molecular weight excluding hydrogens is 274 g/mol. The van der Waals surface area contributed by atoms with Crippen molar-refractivity contribution in [2.24, 2.45) is 5.92 Å². The van der Waals surface area contributed by atoms with Crippen LogP contribution < -0.4 is 5.32 Å². The number of hydrogen-bond acceptors (Lipinski definition) is 2. The van der Waals surface area contributed by atoms with Crippen molar-refractivity contribution in [1.29, 1.82) is 0 Å². The predicted molar refractivity (Wildman–Crippen MR) is 88.2 cm³/mol. The summed E-state index contributed by atoms with van der Waals surface area (Å²) in [6, 6.07) is 6.20. The normalized spacial score (nSPS) is 12.2. The average Bonchev–Trinajstić information content (AvgIpc) is 2.26. The van der Waals surface area contributed by atoms with Gasteiger partial charge in [-0.1, -0.05) is 31.5 Å². The van der Waals surface area contributed by atoms with Gasteiger partial charge in [0.05, 0.1) is 0 Å². The maximum absolute atomic E-state index is 6.35. The highest BCUT2D eigenvalue weighted by molar-refractivity contribution is 7.99. The van der Waals surface area contributed by atoms with Crippen LogP contribution in [0.2, 0.25) is 5.02 Å². The molecule has 0 aliphatic carbocycles. The minimum absolute atomic E-state index is 0.110. The van der Waals surface area contributed by atoms with E-state index in [1.54, 1.807) is 0 Å². The van der Waals surface area contributed by atoms with E-state index in [9.17, 15) is 0 Å². The van der Waals surface area contributed by atoms with Gasteiger partial charge in [0.2, 0.25) is 0 Å². The Morgan fingerprint density at radius 1 is 1.26 bits per heavy atom. The molecule has 0 bridgehead atoms. The lowest BCUT2D eigenvalue weighted by molar-refractivity contribution is 0.422. The van der Waals surface area contributed by atoms with Gasteiger partial charge in [0.15, 0.2) is 0 Å². The van der Waals surface area contributed by atoms with E-state index in [0.29, 0.717) is 0 Å². The average molecular weight is 300 g/mol. The van der Waals surface area contributed by atoms with Crippen LogP contribution in [0.5, 0.6) is 0 Å². The van der Waals surface area contributed by atoms with Crippen molar-refractivity contribution in [3.05, 3.63) is 28.8 Å². The molecule has 1 rings (SSSR count). The standard InChI is InChI=1S/C16H26ClNS/c1-12(2)9-10-19-15-8-6-7-14(17)13(15)11-18-16(3,4)5/h6-8,12,18H,9-11H2,1-5H3. The predicted octanol–water partition coefficient (Wildman–Crippen LogP) is 5.37. The van der Waals surface area contributed by atoms with Crippen molar-refractivity contribution < 1.29 is 0 Å². The molecule has 0 amide bonds. The topological polar surface area (TPSA) is 12.0 Å². The van der Waals surface area contributed by atoms with Gasteiger partial charge in [-0.15, -0.1) is 11.8 Å². The first-order chi connectivity index (χ1) is 8.79. The highest BCUT2D eigenvalue weighted by atomic mass is 35.5. The minimum atomic E-state index is 0.110. The van der Waals surface area contributed by atoms with Gasteiger partial charge in [-0.2, -0.15) is 0 Å². The molecule has 1 N–H and O–H groups in total. The summed E-state index contributed by atoms with van der Waals surface area (Å²) in [5.74, 6) is 1.91. The van der Waals surface area contributed by atoms with E-state index in [4.69, 9.17) is 11.6 Å². The zero-order valence-corrected chi connectivity index (χ0v) is 14.3. The van der Waals surface area contributed by atoms with Crippen molar-refractivity contribution in [3.63, 3.8) is 0 Å². The molecule has 0 aliphatic rings. The Labute approximate surface area is 127 Å². The van der Waals surface area contributed by atoms with Gasteiger partial charge < -0.3 is 5.32 Å². The zero-order chi connectivity index (χ0) is 14.5. The summed E-state index contributed by atoms with van der Waals surface area (Å²) >= 11 is 8.26. The lowest BCUT2D eigenvalue weighted by atomic mass is 10.1. The molecule has 1 nitrogen and oxygen atoms in total. The van der Waals surface area contributed by atoms with Gasteiger partial charge in [-0.25, -0.2) is 0 Å². The second-order valence-electron chi connectivity index (χ2n) is 6.35. The molecule has 0 atom stereocenters. The number of rotatable bonds is 6. The van der Waals surface area contributed by atoms with E-state index in [1.165, 1.54) is 16.9 Å². The van der Waals surface area contributed by atoms with Crippen LogP contribution in [0.1, 0.15) is 46.6 Å². The molecular formula is C16H26ClNS. The third-order valence-corrected chi connectivity index (χ3v) is 4.31. The van der Waals surface area contributed by atoms with E-state index in [1.807, 2.05) is 23.9 Å². The van der Waals surface area contributed by atoms with Crippen LogP contribution in [0.15, 0.2) is 23.1 Å². The maximum atomic E-state index is 6.35. The monoisotopic (exact) mass is 299 g/mol. The molecule has 0 heterocycles. The highest BCUT2D eigenvalue weighted by Crippen LogP contribution is 2.29. The van der Waals surface area contributed by atoms with Crippen molar-refractivity contribution in [3.8, 4) is 0 Å². The highest BCUT2D eigenvalue weighted by Gasteiger charge is 2.13. The van der Waals surface area contributed by atoms with Gasteiger partial charge in [0, 0.05) is 22.0 Å². The van der Waals surface area contributed by atoms with Gasteiger partial charge in [0.25, 0.3) is 0 Å². The first kappa shape index (κ1) is 16.9. The van der Waals surface area contributed by atoms with Crippen LogP contribution in [0.4, 0.5) is 0 Å². The summed E-state index contributed by atoms with van der Waals surface area (Å²) < 4.78 is 0. The lowest BCUT2D eigenvalue weighted by Crippen LogP contribution is -2.35. The number of hydrogen-bond donors (Lipinski definition) is 1. The van der Waals surface area contributed by atoms with E-state index in [-0.39, 0.29) is 5.54 Å². The van der Waals surface area contributed by atoms with Gasteiger partial charge in [-0.05, 0) is 56.6 Å². The Morgan fingerprint density at radius 3 is 2.53 bits per heavy atom. The fourth-order valence-corrected chi connectivity index (χ4v) is 3.24. The summed E-state index contributed by atoms with van der Waals surface area (Å²) in [4.78, 5) is 1.31. The van der Waals surface area contributed by atoms with Gasteiger partial charge >= 0.3 is 0 Å². The Bertz CT molecular complexity index is 396. The van der Waals surface area contributed by atoms with Crippen LogP contribution in [-0.2, 0) is 6.54 Å². The molecule has 0 aliphatic heterocycles. The van der Waals surface area contributed by atoms with Crippen molar-refractivity contribution >= 4 is 23.4 Å². The van der Waals surface area contributed by atoms with Crippen LogP contribution in [0, 0.1) is 5.92 Å². The van der Waals surface area contributed by atoms with Crippen molar-refractivity contribution in [2.45, 2.75) is 58.0 Å². The van der Waals surface area contributed by atoms with E-state index < -0.39 is 0 Å². The van der Waals surface area contributed by atoms with Crippen LogP contribution in [0.3, 0.4) is 0 Å². The molecule has 3 heteroatoms. The number of nitrogens with one attached hydrogen (secondary N) is 1. The maximum Gasteiger partial charge on any atom is 0.0462 e. The molecule has 0 saturated carbocycles. The van der Waals surface area contributed by atoms with Crippen LogP contribution >= 0.6 is 23.4 Å². The summed E-state index contributed by atoms with van der Waals surface area (Å²) in [7, 11) is 0. The molecule has 1 aromatic rings. The molecule has 0 saturated heterocycles. The third-order valence-electron chi connectivity index (χ3n) is 2.82. The molecule has 0 radical (unpaired) electrons. The second kappa shape index (κ2) is 7.56. The molecule has 0 aromatic heterocycles. The Hall–Kier alpha value is -0.180. The molecule has 0 fully saturated rings. The summed E-state index contributed by atoms with van der Waals surface area (Å²) in [6.45, 7) is 11.9. The van der Waals surface area contributed by atoms with Gasteiger partial charge in [0.1, 0.15) is 0 Å². The van der Waals surface area contributed by atoms with E-state index in [0.717, 1.165) is 23.2 Å². The number of benzene rings is 1. The van der Waals surface area contributed by atoms with E-state index in [2.05, 4.69) is 46.0 Å². The fourth-order valence-electron chi connectivity index (χ4n) is 1.60. The third kappa shape index (κ3) is 6.69. The molecule has 0 spiro atoms. The zero-order valence-electron chi connectivity index (χ0n) is 12.7. The van der Waals surface area contributed by atoms with Crippen LogP contribution in [0.25, 0.3) is 0 Å². The largest absolute Gasteiger partial charge is 0.308 e. The fraction of sp³-hybridized carbons (Fsp3) is 0.625. The van der Waals surface area contributed by atoms with Crippen molar-refractivity contribution in [1.82, 2.24) is 5.32 Å². The second-order valence-corrected chi connectivity index (χ2v) is 7.90. The first-order valence-corrected chi connectivity index (χ1v) is 8.31. The quantitative estimate of drug-likeness (QED) is 0.709. The Balaban J connectivity index is 2.72. The molecule has 1 aromatic carbocycles. The molecule has 108 valence electrons. The summed E-state index contributed by atoms with van der Waals surface area (Å²) in [5.41, 5.74) is 1.34. The number of thioether (sulfide) groups is 1. The Kier molecular flexibility index (Phi) is 6.72. The van der Waals surface area contributed by atoms with Crippen LogP contribution in [-0.4, -0.2) is 11.3 Å². The summed E-state index contributed by atoms with van der Waals surface area (Å²) in [6.07, 6.45) is 1.24. The van der Waals surface area contributed by atoms with Crippen molar-refractivity contribution in [2.75, 3.05) is 5.75 Å². The first-order valence-electron chi connectivity index (χ1n) is 6.95.